The standard InChI is InChI=1S/C12H17F3N4/c1-3-11(4-5-11)7-17-9-6-8(12(13,14)15)18-10(16-2)19-9/h6H,3-5,7H2,1-2H3,(H2,16,17,18,19). The van der Waals surface area contributed by atoms with Crippen molar-refractivity contribution in [1.29, 1.82) is 0 Å². The predicted octanol–water partition coefficient (Wildman–Crippen LogP) is 3.14. The Morgan fingerprint density at radius 2 is 2.00 bits per heavy atom. The summed E-state index contributed by atoms with van der Waals surface area (Å²) >= 11 is 0. The van der Waals surface area contributed by atoms with E-state index in [1.807, 2.05) is 0 Å². The van der Waals surface area contributed by atoms with Crippen molar-refractivity contribution in [1.82, 2.24) is 9.97 Å². The number of nitrogens with one attached hydrogen (secondary N) is 2. The highest BCUT2D eigenvalue weighted by molar-refractivity contribution is 5.43. The monoisotopic (exact) mass is 274 g/mol. The van der Waals surface area contributed by atoms with Gasteiger partial charge in [-0.05, 0) is 24.7 Å². The van der Waals surface area contributed by atoms with Crippen LogP contribution in [0, 0.1) is 5.41 Å². The molecule has 106 valence electrons. The topological polar surface area (TPSA) is 49.8 Å². The van der Waals surface area contributed by atoms with E-state index >= 15 is 0 Å². The molecule has 0 aliphatic heterocycles. The first-order chi connectivity index (χ1) is 8.88. The lowest BCUT2D eigenvalue weighted by atomic mass is 10.0. The first-order valence-corrected chi connectivity index (χ1v) is 6.26. The van der Waals surface area contributed by atoms with E-state index in [4.69, 9.17) is 0 Å². The van der Waals surface area contributed by atoms with Crippen LogP contribution >= 0.6 is 0 Å². The number of rotatable bonds is 5. The van der Waals surface area contributed by atoms with E-state index < -0.39 is 11.9 Å². The van der Waals surface area contributed by atoms with Crippen LogP contribution in [0.25, 0.3) is 0 Å². The largest absolute Gasteiger partial charge is 0.433 e. The molecule has 0 spiro atoms. The summed E-state index contributed by atoms with van der Waals surface area (Å²) in [5.41, 5.74) is -0.695. The quantitative estimate of drug-likeness (QED) is 0.866. The molecule has 19 heavy (non-hydrogen) atoms. The molecule has 4 nitrogen and oxygen atoms in total. The zero-order valence-corrected chi connectivity index (χ0v) is 10.9. The average Bonchev–Trinajstić information content (AvgIpc) is 3.15. The molecule has 1 saturated carbocycles. The minimum Gasteiger partial charge on any atom is -0.369 e. The first-order valence-electron chi connectivity index (χ1n) is 6.26. The van der Waals surface area contributed by atoms with Crippen molar-refractivity contribution in [2.45, 2.75) is 32.4 Å². The molecule has 0 radical (unpaired) electrons. The van der Waals surface area contributed by atoms with Gasteiger partial charge in [0.05, 0.1) is 0 Å². The number of hydrogen-bond acceptors (Lipinski definition) is 4. The van der Waals surface area contributed by atoms with Crippen LogP contribution in [0.5, 0.6) is 0 Å². The van der Waals surface area contributed by atoms with Crippen LogP contribution in [0.15, 0.2) is 6.07 Å². The van der Waals surface area contributed by atoms with E-state index in [1.165, 1.54) is 7.05 Å². The first kappa shape index (κ1) is 13.9. The van der Waals surface area contributed by atoms with Crippen molar-refractivity contribution in [2.24, 2.45) is 5.41 Å². The van der Waals surface area contributed by atoms with Gasteiger partial charge in [-0.2, -0.15) is 18.2 Å². The molecule has 0 unspecified atom stereocenters. The molecule has 0 amide bonds. The van der Waals surface area contributed by atoms with Gasteiger partial charge >= 0.3 is 6.18 Å². The Balaban J connectivity index is 2.15. The maximum absolute atomic E-state index is 12.7. The molecule has 1 heterocycles. The molecule has 0 atom stereocenters. The highest BCUT2D eigenvalue weighted by Crippen LogP contribution is 2.48. The Morgan fingerprint density at radius 1 is 1.32 bits per heavy atom. The van der Waals surface area contributed by atoms with Crippen molar-refractivity contribution in [2.75, 3.05) is 24.2 Å². The van der Waals surface area contributed by atoms with Crippen LogP contribution in [0.1, 0.15) is 31.9 Å². The molecular weight excluding hydrogens is 257 g/mol. The summed E-state index contributed by atoms with van der Waals surface area (Å²) in [6, 6.07) is 0.951. The lowest BCUT2D eigenvalue weighted by Gasteiger charge is -2.15. The Morgan fingerprint density at radius 3 is 2.47 bits per heavy atom. The highest BCUT2D eigenvalue weighted by Gasteiger charge is 2.40. The summed E-state index contributed by atoms with van der Waals surface area (Å²) in [5, 5.41) is 5.54. The summed E-state index contributed by atoms with van der Waals surface area (Å²) in [6.07, 6.45) is -1.21. The fourth-order valence-corrected chi connectivity index (χ4v) is 1.90. The molecule has 2 N–H and O–H groups in total. The minimum atomic E-state index is -4.47. The van der Waals surface area contributed by atoms with Gasteiger partial charge in [0.2, 0.25) is 5.95 Å². The maximum Gasteiger partial charge on any atom is 0.433 e. The van der Waals surface area contributed by atoms with E-state index in [1.54, 1.807) is 0 Å². The lowest BCUT2D eigenvalue weighted by molar-refractivity contribution is -0.141. The molecular formula is C12H17F3N4. The minimum absolute atomic E-state index is 0.0290. The van der Waals surface area contributed by atoms with Crippen molar-refractivity contribution in [3.8, 4) is 0 Å². The van der Waals surface area contributed by atoms with E-state index in [9.17, 15) is 13.2 Å². The van der Waals surface area contributed by atoms with Crippen molar-refractivity contribution >= 4 is 11.8 Å². The second kappa shape index (κ2) is 4.86. The van der Waals surface area contributed by atoms with Crippen LogP contribution in [0.2, 0.25) is 0 Å². The molecule has 0 bridgehead atoms. The molecule has 0 saturated heterocycles. The van der Waals surface area contributed by atoms with Gasteiger partial charge in [-0.3, -0.25) is 0 Å². The summed E-state index contributed by atoms with van der Waals surface area (Å²) < 4.78 is 38.1. The Kier molecular flexibility index (Phi) is 3.56. The zero-order chi connectivity index (χ0) is 14.1. The third-order valence-corrected chi connectivity index (χ3v) is 3.59. The Bertz CT molecular complexity index is 455. The van der Waals surface area contributed by atoms with Gasteiger partial charge < -0.3 is 10.6 Å². The van der Waals surface area contributed by atoms with Gasteiger partial charge in [0.25, 0.3) is 0 Å². The van der Waals surface area contributed by atoms with Crippen LogP contribution in [-0.2, 0) is 6.18 Å². The SMILES string of the molecule is CCC1(CNc2cc(C(F)(F)F)nc(NC)n2)CC1. The molecule has 1 aromatic heterocycles. The highest BCUT2D eigenvalue weighted by atomic mass is 19.4. The van der Waals surface area contributed by atoms with Gasteiger partial charge in [-0.1, -0.05) is 6.92 Å². The number of aromatic nitrogens is 2. The van der Waals surface area contributed by atoms with Gasteiger partial charge in [0.15, 0.2) is 5.69 Å². The van der Waals surface area contributed by atoms with Crippen molar-refractivity contribution in [3.63, 3.8) is 0 Å². The maximum atomic E-state index is 12.7. The Labute approximate surface area is 109 Å². The normalized spacial score (nSPS) is 17.1. The van der Waals surface area contributed by atoms with Crippen molar-refractivity contribution in [3.05, 3.63) is 11.8 Å². The fraction of sp³-hybridized carbons (Fsp3) is 0.667. The molecule has 0 aromatic carbocycles. The smallest absolute Gasteiger partial charge is 0.369 e. The summed E-state index contributed by atoms with van der Waals surface area (Å²) in [5.74, 6) is 0.185. The average molecular weight is 274 g/mol. The van der Waals surface area contributed by atoms with Gasteiger partial charge in [0, 0.05) is 19.7 Å². The van der Waals surface area contributed by atoms with Gasteiger partial charge in [-0.25, -0.2) is 4.98 Å². The second-order valence-electron chi connectivity index (χ2n) is 4.92. The Hall–Kier alpha value is -1.53. The van der Waals surface area contributed by atoms with Crippen LogP contribution in [0.4, 0.5) is 24.9 Å². The van der Waals surface area contributed by atoms with Crippen LogP contribution in [-0.4, -0.2) is 23.6 Å². The third kappa shape index (κ3) is 3.27. The van der Waals surface area contributed by atoms with E-state index in [2.05, 4.69) is 27.5 Å². The molecule has 1 aromatic rings. The second-order valence-corrected chi connectivity index (χ2v) is 4.92. The number of hydrogen-bond donors (Lipinski definition) is 2. The van der Waals surface area contributed by atoms with Crippen molar-refractivity contribution < 1.29 is 13.2 Å². The van der Waals surface area contributed by atoms with Crippen LogP contribution in [0.3, 0.4) is 0 Å². The number of halogens is 3. The molecule has 1 aliphatic rings. The summed E-state index contributed by atoms with van der Waals surface area (Å²) in [7, 11) is 1.49. The fourth-order valence-electron chi connectivity index (χ4n) is 1.90. The molecule has 1 aliphatic carbocycles. The van der Waals surface area contributed by atoms with Crippen LogP contribution < -0.4 is 10.6 Å². The molecule has 1 fully saturated rings. The molecule has 2 rings (SSSR count). The van der Waals surface area contributed by atoms with E-state index in [0.717, 1.165) is 25.3 Å². The van der Waals surface area contributed by atoms with E-state index in [0.29, 0.717) is 6.54 Å². The number of alkyl halides is 3. The van der Waals surface area contributed by atoms with E-state index in [-0.39, 0.29) is 17.2 Å². The number of nitrogens with zero attached hydrogens (tertiary/aromatic N) is 2. The lowest BCUT2D eigenvalue weighted by Crippen LogP contribution is -2.17. The summed E-state index contributed by atoms with van der Waals surface area (Å²) in [6.45, 7) is 2.75. The number of anilines is 2. The van der Waals surface area contributed by atoms with Gasteiger partial charge in [0.1, 0.15) is 5.82 Å². The summed E-state index contributed by atoms with van der Waals surface area (Å²) in [4.78, 5) is 7.41. The zero-order valence-electron chi connectivity index (χ0n) is 10.9. The van der Waals surface area contributed by atoms with Gasteiger partial charge in [-0.15, -0.1) is 0 Å². The third-order valence-electron chi connectivity index (χ3n) is 3.59. The molecule has 7 heteroatoms. The predicted molar refractivity (Wildman–Crippen MR) is 67.0 cm³/mol.